The number of aliphatic hydroxyl groups excluding tert-OH is 1. The second-order valence-electron chi connectivity index (χ2n) is 4.34. The molecular weight excluding hydrogens is 252 g/mol. The lowest BCUT2D eigenvalue weighted by Crippen LogP contribution is -2.07. The molecule has 1 atom stereocenters. The first-order valence-electron chi connectivity index (χ1n) is 5.96. The van der Waals surface area contributed by atoms with Gasteiger partial charge in [0.2, 0.25) is 0 Å². The molecule has 4 nitrogen and oxygen atoms in total. The number of hydrogen-bond acceptors (Lipinski definition) is 3. The van der Waals surface area contributed by atoms with Crippen molar-refractivity contribution in [3.8, 4) is 0 Å². The van der Waals surface area contributed by atoms with Gasteiger partial charge in [0.15, 0.2) is 0 Å². The molecule has 0 aliphatic carbocycles. The van der Waals surface area contributed by atoms with Gasteiger partial charge < -0.3 is 9.52 Å². The first kappa shape index (κ1) is 13.2. The Labute approximate surface area is 111 Å². The van der Waals surface area contributed by atoms with Crippen LogP contribution in [0.1, 0.15) is 35.7 Å². The van der Waals surface area contributed by atoms with Gasteiger partial charge >= 0.3 is 0 Å². The topological polar surface area (TPSA) is 51.2 Å². The molecule has 0 fully saturated rings. The minimum atomic E-state index is -0.619. The van der Waals surface area contributed by atoms with E-state index in [1.165, 1.54) is 0 Å². The van der Waals surface area contributed by atoms with E-state index in [-0.39, 0.29) is 0 Å². The molecule has 0 bridgehead atoms. The van der Waals surface area contributed by atoms with Crippen LogP contribution in [0, 0.1) is 6.92 Å². The molecule has 5 heteroatoms. The molecule has 18 heavy (non-hydrogen) atoms. The van der Waals surface area contributed by atoms with Crippen molar-refractivity contribution in [2.45, 2.75) is 32.8 Å². The number of hydrogen-bond donors (Lipinski definition) is 1. The van der Waals surface area contributed by atoms with Crippen molar-refractivity contribution < 1.29 is 9.52 Å². The molecule has 1 unspecified atom stereocenters. The molecule has 2 aromatic heterocycles. The monoisotopic (exact) mass is 268 g/mol. The Bertz CT molecular complexity index is 545. The Morgan fingerprint density at radius 1 is 1.56 bits per heavy atom. The Morgan fingerprint density at radius 3 is 2.83 bits per heavy atom. The summed E-state index contributed by atoms with van der Waals surface area (Å²) in [6.07, 6.45) is 2.18. The summed E-state index contributed by atoms with van der Waals surface area (Å²) >= 11 is 6.18. The third-order valence-corrected chi connectivity index (χ3v) is 3.60. The lowest BCUT2D eigenvalue weighted by Gasteiger charge is -2.11. The van der Waals surface area contributed by atoms with Gasteiger partial charge in [-0.1, -0.05) is 18.5 Å². The second kappa shape index (κ2) is 5.16. The zero-order valence-corrected chi connectivity index (χ0v) is 11.5. The van der Waals surface area contributed by atoms with Crippen LogP contribution in [0.25, 0.3) is 0 Å². The van der Waals surface area contributed by atoms with E-state index in [1.807, 2.05) is 20.9 Å². The quantitative estimate of drug-likeness (QED) is 0.928. The molecule has 0 aliphatic heterocycles. The Morgan fingerprint density at radius 2 is 2.28 bits per heavy atom. The van der Waals surface area contributed by atoms with Gasteiger partial charge in [0, 0.05) is 25.5 Å². The number of furan rings is 1. The molecule has 2 heterocycles. The van der Waals surface area contributed by atoms with Crippen LogP contribution in [0.3, 0.4) is 0 Å². The number of nitrogens with zero attached hydrogens (tertiary/aromatic N) is 2. The van der Waals surface area contributed by atoms with E-state index in [0.29, 0.717) is 11.4 Å². The molecule has 2 rings (SSSR count). The van der Waals surface area contributed by atoms with Crippen LogP contribution in [-0.4, -0.2) is 14.9 Å². The van der Waals surface area contributed by atoms with Crippen molar-refractivity contribution >= 4 is 11.6 Å². The zero-order valence-electron chi connectivity index (χ0n) is 10.8. The molecule has 1 N–H and O–H groups in total. The molecule has 0 aliphatic rings. The summed E-state index contributed by atoms with van der Waals surface area (Å²) in [7, 11) is 1.83. The van der Waals surface area contributed by atoms with Gasteiger partial charge in [0.1, 0.15) is 5.76 Å². The van der Waals surface area contributed by atoms with Gasteiger partial charge in [0.05, 0.1) is 28.8 Å². The summed E-state index contributed by atoms with van der Waals surface area (Å²) in [4.78, 5) is 0. The van der Waals surface area contributed by atoms with Gasteiger partial charge in [-0.2, -0.15) is 5.10 Å². The lowest BCUT2D eigenvalue weighted by atomic mass is 10.0. The average Bonchev–Trinajstić information content (AvgIpc) is 2.90. The van der Waals surface area contributed by atoms with Crippen molar-refractivity contribution in [1.82, 2.24) is 9.78 Å². The average molecular weight is 269 g/mol. The van der Waals surface area contributed by atoms with Gasteiger partial charge in [-0.15, -0.1) is 0 Å². The number of aromatic nitrogens is 2. The van der Waals surface area contributed by atoms with Crippen molar-refractivity contribution in [2.24, 2.45) is 7.05 Å². The maximum absolute atomic E-state index is 10.3. The van der Waals surface area contributed by atoms with E-state index in [1.54, 1.807) is 17.0 Å². The van der Waals surface area contributed by atoms with Gasteiger partial charge in [-0.25, -0.2) is 0 Å². The molecule has 98 valence electrons. The summed E-state index contributed by atoms with van der Waals surface area (Å²) in [5.74, 6) is 0.817. The van der Waals surface area contributed by atoms with E-state index < -0.39 is 6.10 Å². The van der Waals surface area contributed by atoms with Gasteiger partial charge in [0.25, 0.3) is 0 Å². The Balaban J connectivity index is 2.24. The minimum absolute atomic E-state index is 0.433. The van der Waals surface area contributed by atoms with Gasteiger partial charge in [-0.05, 0) is 13.0 Å². The van der Waals surface area contributed by atoms with Crippen molar-refractivity contribution in [3.63, 3.8) is 0 Å². The number of aryl methyl sites for hydroxylation is 3. The standard InChI is InChI=1S/C13H17ClN2O2/c1-4-12-9(5-6-18-12)11(17)7-10-13(14)8(2)15-16(10)3/h5-6,11,17H,4,7H2,1-3H3. The highest BCUT2D eigenvalue weighted by Crippen LogP contribution is 2.27. The minimum Gasteiger partial charge on any atom is -0.469 e. The molecule has 0 radical (unpaired) electrons. The summed E-state index contributed by atoms with van der Waals surface area (Å²) in [6, 6.07) is 1.81. The normalized spacial score (nSPS) is 12.9. The molecular formula is C13H17ClN2O2. The summed E-state index contributed by atoms with van der Waals surface area (Å²) in [5, 5.41) is 15.1. The zero-order chi connectivity index (χ0) is 13.3. The lowest BCUT2D eigenvalue weighted by molar-refractivity contribution is 0.173. The van der Waals surface area contributed by atoms with E-state index in [4.69, 9.17) is 16.0 Å². The highest BCUT2D eigenvalue weighted by atomic mass is 35.5. The number of aliphatic hydroxyl groups is 1. The molecule has 0 saturated heterocycles. The smallest absolute Gasteiger partial charge is 0.109 e. The Kier molecular flexibility index (Phi) is 3.78. The second-order valence-corrected chi connectivity index (χ2v) is 4.72. The summed E-state index contributed by atoms with van der Waals surface area (Å²) in [5.41, 5.74) is 2.45. The van der Waals surface area contributed by atoms with E-state index in [9.17, 15) is 5.11 Å². The fraction of sp³-hybridized carbons (Fsp3) is 0.462. The third-order valence-electron chi connectivity index (χ3n) is 3.11. The van der Waals surface area contributed by atoms with E-state index in [2.05, 4.69) is 5.10 Å². The fourth-order valence-electron chi connectivity index (χ4n) is 2.13. The van der Waals surface area contributed by atoms with Crippen LogP contribution >= 0.6 is 11.6 Å². The molecule has 2 aromatic rings. The van der Waals surface area contributed by atoms with Crippen LogP contribution in [0.15, 0.2) is 16.7 Å². The van der Waals surface area contributed by atoms with Crippen LogP contribution in [0.2, 0.25) is 5.02 Å². The highest BCUT2D eigenvalue weighted by Gasteiger charge is 2.19. The molecule has 0 saturated carbocycles. The number of halogens is 1. The maximum Gasteiger partial charge on any atom is 0.109 e. The third kappa shape index (κ3) is 2.31. The fourth-order valence-corrected chi connectivity index (χ4v) is 2.37. The predicted molar refractivity (Wildman–Crippen MR) is 69.7 cm³/mol. The molecule has 0 spiro atoms. The van der Waals surface area contributed by atoms with E-state index >= 15 is 0 Å². The van der Waals surface area contributed by atoms with Gasteiger partial charge in [-0.3, -0.25) is 4.68 Å². The number of rotatable bonds is 4. The van der Waals surface area contributed by atoms with Crippen LogP contribution in [0.4, 0.5) is 0 Å². The largest absolute Gasteiger partial charge is 0.469 e. The molecule has 0 amide bonds. The Hall–Kier alpha value is -1.26. The predicted octanol–water partition coefficient (Wildman–Crippen LogP) is 2.81. The van der Waals surface area contributed by atoms with Crippen molar-refractivity contribution in [2.75, 3.05) is 0 Å². The van der Waals surface area contributed by atoms with E-state index in [0.717, 1.165) is 29.1 Å². The van der Waals surface area contributed by atoms with Crippen LogP contribution in [0.5, 0.6) is 0 Å². The summed E-state index contributed by atoms with van der Waals surface area (Å²) in [6.45, 7) is 3.85. The summed E-state index contributed by atoms with van der Waals surface area (Å²) < 4.78 is 7.04. The molecule has 0 aromatic carbocycles. The maximum atomic E-state index is 10.3. The first-order chi connectivity index (χ1) is 8.54. The van der Waals surface area contributed by atoms with Crippen molar-refractivity contribution in [3.05, 3.63) is 40.1 Å². The van der Waals surface area contributed by atoms with Crippen LogP contribution in [-0.2, 0) is 19.9 Å². The van der Waals surface area contributed by atoms with Crippen molar-refractivity contribution in [1.29, 1.82) is 0 Å². The SMILES string of the molecule is CCc1occc1C(O)Cc1c(Cl)c(C)nn1C. The first-order valence-corrected chi connectivity index (χ1v) is 6.34. The highest BCUT2D eigenvalue weighted by molar-refractivity contribution is 6.31. The van der Waals surface area contributed by atoms with Crippen LogP contribution < -0.4 is 0 Å².